The van der Waals surface area contributed by atoms with Gasteiger partial charge in [-0.15, -0.1) is 0 Å². The number of ether oxygens (including phenoxy) is 1. The third-order valence-corrected chi connectivity index (χ3v) is 4.52. The topological polar surface area (TPSA) is 26.3 Å². The highest BCUT2D eigenvalue weighted by molar-refractivity contribution is 5.96. The molecule has 2 atom stereocenters. The fourth-order valence-corrected chi connectivity index (χ4v) is 3.51. The van der Waals surface area contributed by atoms with Crippen LogP contribution >= 0.6 is 0 Å². The fraction of sp³-hybridized carbons (Fsp3) is 0.533. The second-order valence-electron chi connectivity index (χ2n) is 5.78. The highest BCUT2D eigenvalue weighted by Crippen LogP contribution is 2.51. The first-order valence-corrected chi connectivity index (χ1v) is 6.33. The second kappa shape index (κ2) is 3.34. The van der Waals surface area contributed by atoms with Crippen molar-refractivity contribution < 1.29 is 9.53 Å². The Kier molecular flexibility index (Phi) is 2.13. The molecule has 2 aliphatic carbocycles. The first-order chi connectivity index (χ1) is 8.01. The van der Waals surface area contributed by atoms with Crippen LogP contribution in [0.4, 0.5) is 0 Å². The van der Waals surface area contributed by atoms with E-state index in [0.29, 0.717) is 5.57 Å². The van der Waals surface area contributed by atoms with Gasteiger partial charge in [-0.2, -0.15) is 0 Å². The van der Waals surface area contributed by atoms with Crippen molar-refractivity contribution in [1.82, 2.24) is 0 Å². The van der Waals surface area contributed by atoms with E-state index in [1.54, 1.807) is 0 Å². The van der Waals surface area contributed by atoms with Gasteiger partial charge >= 0.3 is 5.97 Å². The van der Waals surface area contributed by atoms with Gasteiger partial charge in [-0.3, -0.25) is 0 Å². The predicted octanol–water partition coefficient (Wildman–Crippen LogP) is 3.30. The van der Waals surface area contributed by atoms with Crippen LogP contribution in [0, 0.1) is 5.41 Å². The maximum atomic E-state index is 11.6. The highest BCUT2D eigenvalue weighted by Gasteiger charge is 2.45. The number of allylic oxidation sites excluding steroid dienone is 3. The molecule has 3 aliphatic rings. The summed E-state index contributed by atoms with van der Waals surface area (Å²) in [5, 5.41) is 0. The lowest BCUT2D eigenvalue weighted by molar-refractivity contribution is -0.139. The Labute approximate surface area is 102 Å². The van der Waals surface area contributed by atoms with E-state index in [-0.39, 0.29) is 17.5 Å². The van der Waals surface area contributed by atoms with Crippen molar-refractivity contribution in [3.05, 3.63) is 34.9 Å². The number of carbonyl (C=O) groups is 1. The van der Waals surface area contributed by atoms with Gasteiger partial charge in [-0.05, 0) is 43.6 Å². The van der Waals surface area contributed by atoms with Crippen molar-refractivity contribution in [1.29, 1.82) is 0 Å². The van der Waals surface area contributed by atoms with E-state index in [9.17, 15) is 4.79 Å². The van der Waals surface area contributed by atoms with Gasteiger partial charge in [-0.25, -0.2) is 4.79 Å². The van der Waals surface area contributed by atoms with Crippen molar-refractivity contribution >= 4 is 5.97 Å². The molecule has 0 aromatic rings. The Morgan fingerprint density at radius 2 is 2.29 bits per heavy atom. The van der Waals surface area contributed by atoms with E-state index in [1.165, 1.54) is 30.4 Å². The molecule has 0 saturated carbocycles. The van der Waals surface area contributed by atoms with Crippen LogP contribution in [0.1, 0.15) is 39.5 Å². The van der Waals surface area contributed by atoms with Crippen LogP contribution in [0.25, 0.3) is 0 Å². The zero-order valence-corrected chi connectivity index (χ0v) is 10.5. The summed E-state index contributed by atoms with van der Waals surface area (Å²) in [5.41, 5.74) is 4.67. The zero-order chi connectivity index (χ0) is 12.2. The molecular weight excluding hydrogens is 212 g/mol. The normalized spacial score (nSPS) is 36.4. The molecule has 0 aromatic carbocycles. The van der Waals surface area contributed by atoms with Crippen LogP contribution in [0.2, 0.25) is 0 Å². The molecule has 17 heavy (non-hydrogen) atoms. The number of rotatable bonds is 0. The van der Waals surface area contributed by atoms with E-state index in [2.05, 4.69) is 26.5 Å². The van der Waals surface area contributed by atoms with Crippen LogP contribution in [-0.4, -0.2) is 12.1 Å². The third kappa shape index (κ3) is 1.43. The standard InChI is InChI=1S/C15H18O2/c1-9-5-4-6-15(3)8-13-11(7-12(9)15)10(2)14(16)17-13/h7,13H,2,4-6,8H2,1,3H3/t13-,15-/m1/s1. The molecule has 2 heteroatoms. The molecule has 1 saturated heterocycles. The van der Waals surface area contributed by atoms with Crippen molar-refractivity contribution in [2.75, 3.05) is 0 Å². The Morgan fingerprint density at radius 3 is 3.06 bits per heavy atom. The van der Waals surface area contributed by atoms with Crippen LogP contribution in [0.15, 0.2) is 34.9 Å². The van der Waals surface area contributed by atoms with Gasteiger partial charge in [0.15, 0.2) is 0 Å². The van der Waals surface area contributed by atoms with Crippen molar-refractivity contribution in [3.8, 4) is 0 Å². The number of fused-ring (bicyclic) bond motifs is 2. The highest BCUT2D eigenvalue weighted by atomic mass is 16.5. The van der Waals surface area contributed by atoms with E-state index in [0.717, 1.165) is 12.0 Å². The van der Waals surface area contributed by atoms with Gasteiger partial charge in [-0.1, -0.05) is 25.2 Å². The molecule has 0 amide bonds. The maximum Gasteiger partial charge on any atom is 0.338 e. The summed E-state index contributed by atoms with van der Waals surface area (Å²) in [6, 6.07) is 0. The first kappa shape index (κ1) is 10.8. The van der Waals surface area contributed by atoms with Gasteiger partial charge < -0.3 is 4.74 Å². The average Bonchev–Trinajstić information content (AvgIpc) is 2.52. The molecular formula is C15H18O2. The minimum atomic E-state index is -0.234. The van der Waals surface area contributed by atoms with Gasteiger partial charge in [0.1, 0.15) is 6.10 Å². The Bertz CT molecular complexity index is 481. The maximum absolute atomic E-state index is 11.6. The van der Waals surface area contributed by atoms with E-state index < -0.39 is 0 Å². The lowest BCUT2D eigenvalue weighted by Gasteiger charge is -2.41. The van der Waals surface area contributed by atoms with E-state index in [1.807, 2.05) is 0 Å². The molecule has 0 N–H and O–H groups in total. The lowest BCUT2D eigenvalue weighted by atomic mass is 9.64. The number of hydrogen-bond donors (Lipinski definition) is 0. The third-order valence-electron chi connectivity index (χ3n) is 4.52. The van der Waals surface area contributed by atoms with E-state index >= 15 is 0 Å². The van der Waals surface area contributed by atoms with Crippen LogP contribution in [0.3, 0.4) is 0 Å². The predicted molar refractivity (Wildman–Crippen MR) is 66.4 cm³/mol. The molecule has 0 bridgehead atoms. The molecule has 0 unspecified atom stereocenters. The lowest BCUT2D eigenvalue weighted by Crippen LogP contribution is -2.32. The monoisotopic (exact) mass is 230 g/mol. The van der Waals surface area contributed by atoms with Gasteiger partial charge in [0.05, 0.1) is 5.57 Å². The fourth-order valence-electron chi connectivity index (χ4n) is 3.51. The molecule has 90 valence electrons. The smallest absolute Gasteiger partial charge is 0.338 e. The summed E-state index contributed by atoms with van der Waals surface area (Å²) in [6.45, 7) is 8.35. The summed E-state index contributed by atoms with van der Waals surface area (Å²) in [4.78, 5) is 11.6. The summed E-state index contributed by atoms with van der Waals surface area (Å²) < 4.78 is 5.40. The van der Waals surface area contributed by atoms with Crippen molar-refractivity contribution in [3.63, 3.8) is 0 Å². The molecule has 1 aliphatic heterocycles. The summed E-state index contributed by atoms with van der Waals surface area (Å²) in [6.07, 6.45) is 6.68. The van der Waals surface area contributed by atoms with Crippen LogP contribution in [0.5, 0.6) is 0 Å². The average molecular weight is 230 g/mol. The summed E-state index contributed by atoms with van der Waals surface area (Å²) >= 11 is 0. The summed E-state index contributed by atoms with van der Waals surface area (Å²) in [5.74, 6) is -0.234. The van der Waals surface area contributed by atoms with Crippen LogP contribution in [-0.2, 0) is 9.53 Å². The number of hydrogen-bond acceptors (Lipinski definition) is 2. The number of esters is 1. The molecule has 0 aromatic heterocycles. The minimum absolute atomic E-state index is 0.0466. The minimum Gasteiger partial charge on any atom is -0.454 e. The summed E-state index contributed by atoms with van der Waals surface area (Å²) in [7, 11) is 0. The Balaban J connectivity index is 2.12. The second-order valence-corrected chi connectivity index (χ2v) is 5.78. The van der Waals surface area contributed by atoms with Gasteiger partial charge in [0.25, 0.3) is 0 Å². The molecule has 1 heterocycles. The zero-order valence-electron chi connectivity index (χ0n) is 10.5. The molecule has 1 fully saturated rings. The molecule has 2 nitrogen and oxygen atoms in total. The van der Waals surface area contributed by atoms with Crippen molar-refractivity contribution in [2.24, 2.45) is 5.41 Å². The Hall–Kier alpha value is -1.31. The SMILES string of the molecule is C=C1C(=O)O[C@@H]2C[C@@]3(C)CCCC(C)=C3C=C12. The van der Waals surface area contributed by atoms with Crippen LogP contribution < -0.4 is 0 Å². The Morgan fingerprint density at radius 1 is 1.53 bits per heavy atom. The molecule has 0 spiro atoms. The first-order valence-electron chi connectivity index (χ1n) is 6.33. The molecule has 3 rings (SSSR count). The largest absolute Gasteiger partial charge is 0.454 e. The quantitative estimate of drug-likeness (QED) is 0.471. The molecule has 0 radical (unpaired) electrons. The van der Waals surface area contributed by atoms with Gasteiger partial charge in [0.2, 0.25) is 0 Å². The van der Waals surface area contributed by atoms with Gasteiger partial charge in [0, 0.05) is 5.57 Å². The van der Waals surface area contributed by atoms with Crippen molar-refractivity contribution in [2.45, 2.75) is 45.6 Å². The van der Waals surface area contributed by atoms with E-state index in [4.69, 9.17) is 4.74 Å². The number of carbonyl (C=O) groups excluding carboxylic acids is 1.